The number of carbonyl (C=O) groups is 1. The number of sulfonamides is 1. The molecule has 0 fully saturated rings. The lowest BCUT2D eigenvalue weighted by Crippen LogP contribution is -2.38. The van der Waals surface area contributed by atoms with Gasteiger partial charge in [-0.05, 0) is 30.3 Å². The van der Waals surface area contributed by atoms with Gasteiger partial charge in [0.1, 0.15) is 0 Å². The lowest BCUT2D eigenvalue weighted by molar-refractivity contribution is -0.138. The fourth-order valence-electron chi connectivity index (χ4n) is 2.16. The van der Waals surface area contributed by atoms with Crippen molar-refractivity contribution in [3.63, 3.8) is 0 Å². The van der Waals surface area contributed by atoms with E-state index in [0.717, 1.165) is 24.3 Å². The first-order valence-corrected chi connectivity index (χ1v) is 9.31. The number of carbonyl (C=O) groups excluding carboxylic acids is 1. The summed E-state index contributed by atoms with van der Waals surface area (Å²) in [6, 6.07) is 7.04. The molecule has 0 spiro atoms. The van der Waals surface area contributed by atoms with Gasteiger partial charge in [0.05, 0.1) is 32.6 Å². The Bertz CT molecular complexity index is 1030. The summed E-state index contributed by atoms with van der Waals surface area (Å²) in [5.74, 6) is 0.554. The van der Waals surface area contributed by atoms with Crippen LogP contribution in [-0.4, -0.2) is 25.2 Å². The zero-order valence-corrected chi connectivity index (χ0v) is 15.6. The Hall–Kier alpha value is -2.21. The van der Waals surface area contributed by atoms with Gasteiger partial charge in [-0.15, -0.1) is 6.42 Å². The number of hydrogen-bond acceptors (Lipinski definition) is 3. The molecule has 0 heterocycles. The van der Waals surface area contributed by atoms with Gasteiger partial charge < -0.3 is 0 Å². The molecule has 0 unspecified atom stereocenters. The second kappa shape index (κ2) is 7.80. The zero-order valence-electron chi connectivity index (χ0n) is 13.3. The summed E-state index contributed by atoms with van der Waals surface area (Å²) in [6.45, 7) is -0.770. The van der Waals surface area contributed by atoms with Gasteiger partial charge >= 0.3 is 6.18 Å². The van der Waals surface area contributed by atoms with Crippen LogP contribution in [0.3, 0.4) is 0 Å². The number of amides is 1. The number of hydrogen-bond donors (Lipinski definition) is 0. The van der Waals surface area contributed by atoms with Crippen molar-refractivity contribution < 1.29 is 26.4 Å². The average molecular weight is 436 g/mol. The molecule has 0 atom stereocenters. The van der Waals surface area contributed by atoms with Crippen molar-refractivity contribution in [2.24, 2.45) is 0 Å². The first-order chi connectivity index (χ1) is 12.5. The Balaban J connectivity index is 2.60. The van der Waals surface area contributed by atoms with E-state index < -0.39 is 44.7 Å². The van der Waals surface area contributed by atoms with Crippen LogP contribution in [-0.2, 0) is 16.2 Å². The Kier molecular flexibility index (Phi) is 6.10. The molecule has 0 aliphatic carbocycles. The van der Waals surface area contributed by atoms with Crippen molar-refractivity contribution in [1.82, 2.24) is 4.31 Å². The molecule has 1 amide bonds. The normalized spacial score (nSPS) is 11.7. The molecule has 0 saturated heterocycles. The number of alkyl halides is 3. The highest BCUT2D eigenvalue weighted by molar-refractivity contribution is 7.89. The van der Waals surface area contributed by atoms with E-state index in [1.165, 1.54) is 12.1 Å². The van der Waals surface area contributed by atoms with Crippen LogP contribution in [0.4, 0.5) is 13.2 Å². The molecule has 142 valence electrons. The number of halogens is 5. The smallest absolute Gasteiger partial charge is 0.268 e. The molecule has 0 aliphatic rings. The Morgan fingerprint density at radius 3 is 2.30 bits per heavy atom. The molecule has 4 nitrogen and oxygen atoms in total. The monoisotopic (exact) mass is 435 g/mol. The van der Waals surface area contributed by atoms with Gasteiger partial charge in [-0.1, -0.05) is 41.3 Å². The van der Waals surface area contributed by atoms with Crippen molar-refractivity contribution in [3.05, 3.63) is 63.6 Å². The summed E-state index contributed by atoms with van der Waals surface area (Å²) in [7, 11) is -4.58. The summed E-state index contributed by atoms with van der Waals surface area (Å²) in [5.41, 5.74) is -2.12. The second-order valence-corrected chi connectivity index (χ2v) is 7.82. The highest BCUT2D eigenvalue weighted by Gasteiger charge is 2.38. The minimum Gasteiger partial charge on any atom is -0.268 e. The van der Waals surface area contributed by atoms with Crippen molar-refractivity contribution in [2.75, 3.05) is 6.54 Å². The fourth-order valence-corrected chi connectivity index (χ4v) is 3.85. The van der Waals surface area contributed by atoms with Gasteiger partial charge in [-0.3, -0.25) is 4.79 Å². The van der Waals surface area contributed by atoms with Crippen LogP contribution >= 0.6 is 23.2 Å². The Morgan fingerprint density at radius 2 is 1.74 bits per heavy atom. The summed E-state index contributed by atoms with van der Waals surface area (Å²) < 4.78 is 65.3. The summed E-state index contributed by atoms with van der Waals surface area (Å²) in [4.78, 5) is 12.2. The maximum absolute atomic E-state index is 13.2. The molecule has 2 aromatic carbocycles. The van der Waals surface area contributed by atoms with E-state index in [1.54, 1.807) is 0 Å². The maximum atomic E-state index is 13.2. The van der Waals surface area contributed by atoms with E-state index in [0.29, 0.717) is 6.07 Å². The van der Waals surface area contributed by atoms with Crippen LogP contribution in [0.5, 0.6) is 0 Å². The van der Waals surface area contributed by atoms with Gasteiger partial charge in [-0.2, -0.15) is 13.2 Å². The van der Waals surface area contributed by atoms with Crippen molar-refractivity contribution in [1.29, 1.82) is 0 Å². The SMILES string of the molecule is C#CCN(C(=O)c1ccccc1C(F)(F)F)S(=O)(=O)c1ccc(Cl)c(Cl)c1. The molecule has 0 saturated carbocycles. The van der Waals surface area contributed by atoms with Gasteiger partial charge in [0.15, 0.2) is 0 Å². The highest BCUT2D eigenvalue weighted by atomic mass is 35.5. The third-order valence-electron chi connectivity index (χ3n) is 3.40. The van der Waals surface area contributed by atoms with Crippen LogP contribution in [0, 0.1) is 12.3 Å². The standard InChI is InChI=1S/C17H10Cl2F3NO3S/c1-2-9-23(27(25,26)11-7-8-14(18)15(19)10-11)16(24)12-5-3-4-6-13(12)17(20,21)22/h1,3-8,10H,9H2. The molecule has 10 heteroatoms. The van der Waals surface area contributed by atoms with Crippen LogP contribution in [0.25, 0.3) is 0 Å². The van der Waals surface area contributed by atoms with Gasteiger partial charge in [0.25, 0.3) is 15.9 Å². The Morgan fingerprint density at radius 1 is 1.11 bits per heavy atom. The molecule has 0 aromatic heterocycles. The minimum atomic E-state index is -4.86. The first-order valence-electron chi connectivity index (χ1n) is 7.12. The quantitative estimate of drug-likeness (QED) is 0.665. The van der Waals surface area contributed by atoms with Crippen LogP contribution < -0.4 is 0 Å². The Labute approximate surface area is 163 Å². The third kappa shape index (κ3) is 4.38. The van der Waals surface area contributed by atoms with E-state index >= 15 is 0 Å². The van der Waals surface area contributed by atoms with Gasteiger partial charge in [0.2, 0.25) is 0 Å². The number of rotatable bonds is 4. The number of terminal acetylenes is 1. The molecule has 0 aliphatic heterocycles. The number of nitrogens with zero attached hydrogens (tertiary/aromatic N) is 1. The molecule has 27 heavy (non-hydrogen) atoms. The van der Waals surface area contributed by atoms with Crippen molar-refractivity contribution >= 4 is 39.1 Å². The summed E-state index contributed by atoms with van der Waals surface area (Å²) >= 11 is 11.5. The van der Waals surface area contributed by atoms with E-state index in [9.17, 15) is 26.4 Å². The largest absolute Gasteiger partial charge is 0.417 e. The first kappa shape index (κ1) is 21.1. The molecule has 2 rings (SSSR count). The van der Waals surface area contributed by atoms with E-state index in [1.807, 2.05) is 5.92 Å². The van der Waals surface area contributed by atoms with E-state index in [4.69, 9.17) is 29.6 Å². The third-order valence-corrected chi connectivity index (χ3v) is 5.87. The molecule has 0 N–H and O–H groups in total. The molecular weight excluding hydrogens is 426 g/mol. The van der Waals surface area contributed by atoms with Crippen LogP contribution in [0.15, 0.2) is 47.4 Å². The lowest BCUT2D eigenvalue weighted by Gasteiger charge is -2.22. The number of benzene rings is 2. The highest BCUT2D eigenvalue weighted by Crippen LogP contribution is 2.33. The minimum absolute atomic E-state index is 0.0628. The van der Waals surface area contributed by atoms with Gasteiger partial charge in [0, 0.05) is 0 Å². The lowest BCUT2D eigenvalue weighted by atomic mass is 10.1. The molecule has 0 bridgehead atoms. The van der Waals surface area contributed by atoms with Gasteiger partial charge in [-0.25, -0.2) is 12.7 Å². The topological polar surface area (TPSA) is 54.5 Å². The molecule has 2 aromatic rings. The van der Waals surface area contributed by atoms with Crippen molar-refractivity contribution in [2.45, 2.75) is 11.1 Å². The maximum Gasteiger partial charge on any atom is 0.417 e. The zero-order chi connectivity index (χ0) is 20.4. The van der Waals surface area contributed by atoms with Crippen molar-refractivity contribution in [3.8, 4) is 12.3 Å². The van der Waals surface area contributed by atoms with E-state index in [-0.39, 0.29) is 14.4 Å². The summed E-state index contributed by atoms with van der Waals surface area (Å²) in [6.07, 6.45) is 0.260. The van der Waals surface area contributed by atoms with Crippen LogP contribution in [0.2, 0.25) is 10.0 Å². The van der Waals surface area contributed by atoms with Crippen LogP contribution in [0.1, 0.15) is 15.9 Å². The molecule has 0 radical (unpaired) electrons. The molecular formula is C17H10Cl2F3NO3S. The summed E-state index contributed by atoms with van der Waals surface area (Å²) in [5, 5.41) is -0.0469. The predicted octanol–water partition coefficient (Wildman–Crippen LogP) is 4.48. The fraction of sp³-hybridized carbons (Fsp3) is 0.118. The second-order valence-electron chi connectivity index (χ2n) is 5.14. The predicted molar refractivity (Wildman–Crippen MR) is 95.0 cm³/mol. The van der Waals surface area contributed by atoms with E-state index in [2.05, 4.69) is 0 Å². The average Bonchev–Trinajstić information content (AvgIpc) is 2.60.